The maximum absolute atomic E-state index is 9.24. The average Bonchev–Trinajstić information content (AvgIpc) is 2.07. The van der Waals surface area contributed by atoms with Crippen molar-refractivity contribution in [2.45, 2.75) is 20.3 Å². The average molecular weight is 165 g/mol. The molecule has 0 saturated carbocycles. The van der Waals surface area contributed by atoms with Crippen molar-refractivity contribution in [1.82, 2.24) is 0 Å². The molecule has 0 bridgehead atoms. The lowest BCUT2D eigenvalue weighted by atomic mass is 10.2. The summed E-state index contributed by atoms with van der Waals surface area (Å²) >= 11 is 0. The van der Waals surface area contributed by atoms with E-state index in [1.54, 1.807) is 6.07 Å². The monoisotopic (exact) mass is 165 g/mol. The molecule has 0 atom stereocenters. The Labute approximate surface area is 73.2 Å². The molecule has 66 valence electrons. The maximum atomic E-state index is 9.24. The lowest BCUT2D eigenvalue weighted by Gasteiger charge is -2.05. The van der Waals surface area contributed by atoms with Gasteiger partial charge in [-0.1, -0.05) is 6.92 Å². The molecule has 1 rings (SSSR count). The van der Waals surface area contributed by atoms with Crippen LogP contribution in [-0.4, -0.2) is 11.7 Å². The number of nitrogens with one attached hydrogen (secondary N) is 1. The molecule has 0 aromatic heterocycles. The van der Waals surface area contributed by atoms with Gasteiger partial charge in [0, 0.05) is 12.2 Å². The zero-order chi connectivity index (χ0) is 8.97. The highest BCUT2D eigenvalue weighted by Crippen LogP contribution is 2.19. The van der Waals surface area contributed by atoms with Crippen LogP contribution in [-0.2, 0) is 0 Å². The van der Waals surface area contributed by atoms with Gasteiger partial charge >= 0.3 is 0 Å². The van der Waals surface area contributed by atoms with E-state index >= 15 is 0 Å². The molecule has 0 heterocycles. The van der Waals surface area contributed by atoms with E-state index in [1.165, 1.54) is 0 Å². The van der Waals surface area contributed by atoms with Crippen molar-refractivity contribution >= 4 is 5.69 Å². The molecule has 0 saturated heterocycles. The molecule has 0 unspecified atom stereocenters. The smallest absolute Gasteiger partial charge is 0.118 e. The second-order valence-corrected chi connectivity index (χ2v) is 2.93. The van der Waals surface area contributed by atoms with Gasteiger partial charge in [0.25, 0.3) is 0 Å². The second-order valence-electron chi connectivity index (χ2n) is 2.93. The number of phenolic OH excluding ortho intramolecular Hbond substituents is 1. The van der Waals surface area contributed by atoms with Crippen LogP contribution < -0.4 is 5.32 Å². The molecule has 2 nitrogen and oxygen atoms in total. The van der Waals surface area contributed by atoms with E-state index in [1.807, 2.05) is 19.1 Å². The van der Waals surface area contributed by atoms with Gasteiger partial charge in [-0.15, -0.1) is 0 Å². The molecule has 1 aromatic rings. The highest BCUT2D eigenvalue weighted by molar-refractivity contribution is 5.50. The number of hydrogen-bond donors (Lipinski definition) is 2. The minimum atomic E-state index is 0.358. The normalized spacial score (nSPS) is 9.83. The summed E-state index contributed by atoms with van der Waals surface area (Å²) in [5.41, 5.74) is 1.99. The SMILES string of the molecule is CCCNc1ccc(O)c(C)c1. The fourth-order valence-electron chi connectivity index (χ4n) is 1.03. The summed E-state index contributed by atoms with van der Waals surface area (Å²) in [5.74, 6) is 0.358. The van der Waals surface area contributed by atoms with Crippen LogP contribution in [0.1, 0.15) is 18.9 Å². The van der Waals surface area contributed by atoms with Gasteiger partial charge in [0.15, 0.2) is 0 Å². The summed E-state index contributed by atoms with van der Waals surface area (Å²) in [4.78, 5) is 0. The first-order chi connectivity index (χ1) is 5.74. The number of hydrogen-bond acceptors (Lipinski definition) is 2. The Morgan fingerprint density at radius 2 is 2.17 bits per heavy atom. The summed E-state index contributed by atoms with van der Waals surface area (Å²) in [7, 11) is 0. The van der Waals surface area contributed by atoms with Crippen LogP contribution >= 0.6 is 0 Å². The van der Waals surface area contributed by atoms with Crippen molar-refractivity contribution in [3.05, 3.63) is 23.8 Å². The van der Waals surface area contributed by atoms with Crippen LogP contribution in [0, 0.1) is 6.92 Å². The molecule has 0 aliphatic rings. The van der Waals surface area contributed by atoms with E-state index in [0.29, 0.717) is 5.75 Å². The number of benzene rings is 1. The van der Waals surface area contributed by atoms with Gasteiger partial charge in [0.05, 0.1) is 0 Å². The zero-order valence-corrected chi connectivity index (χ0v) is 7.59. The molecule has 2 heteroatoms. The summed E-state index contributed by atoms with van der Waals surface area (Å²) in [6.07, 6.45) is 1.11. The third kappa shape index (κ3) is 2.16. The standard InChI is InChI=1S/C10H15NO/c1-3-6-11-9-4-5-10(12)8(2)7-9/h4-5,7,11-12H,3,6H2,1-2H3. The highest BCUT2D eigenvalue weighted by atomic mass is 16.3. The fraction of sp³-hybridized carbons (Fsp3) is 0.400. The van der Waals surface area contributed by atoms with Gasteiger partial charge in [-0.05, 0) is 37.1 Å². The quantitative estimate of drug-likeness (QED) is 0.674. The van der Waals surface area contributed by atoms with Crippen LogP contribution in [0.4, 0.5) is 5.69 Å². The molecule has 0 fully saturated rings. The van der Waals surface area contributed by atoms with Gasteiger partial charge in [0.1, 0.15) is 5.75 Å². The third-order valence-corrected chi connectivity index (χ3v) is 1.78. The summed E-state index contributed by atoms with van der Waals surface area (Å²) in [6.45, 7) is 5.00. The van der Waals surface area contributed by atoms with Crippen molar-refractivity contribution in [3.8, 4) is 5.75 Å². The van der Waals surface area contributed by atoms with Crippen LogP contribution in [0.25, 0.3) is 0 Å². The molecule has 2 N–H and O–H groups in total. The van der Waals surface area contributed by atoms with Crippen molar-refractivity contribution in [2.24, 2.45) is 0 Å². The fourth-order valence-corrected chi connectivity index (χ4v) is 1.03. The van der Waals surface area contributed by atoms with Gasteiger partial charge in [-0.25, -0.2) is 0 Å². The van der Waals surface area contributed by atoms with E-state index < -0.39 is 0 Å². The second kappa shape index (κ2) is 4.00. The summed E-state index contributed by atoms with van der Waals surface area (Å²) in [5, 5.41) is 12.5. The third-order valence-electron chi connectivity index (χ3n) is 1.78. The lowest BCUT2D eigenvalue weighted by molar-refractivity contribution is 0.471. The number of phenols is 1. The summed E-state index contributed by atoms with van der Waals surface area (Å²) in [6, 6.07) is 5.55. The minimum Gasteiger partial charge on any atom is -0.508 e. The largest absolute Gasteiger partial charge is 0.508 e. The molecular weight excluding hydrogens is 150 g/mol. The lowest BCUT2D eigenvalue weighted by Crippen LogP contribution is -1.99. The summed E-state index contributed by atoms with van der Waals surface area (Å²) < 4.78 is 0. The van der Waals surface area contributed by atoms with E-state index in [-0.39, 0.29) is 0 Å². The van der Waals surface area contributed by atoms with Crippen LogP contribution in [0.15, 0.2) is 18.2 Å². The Kier molecular flexibility index (Phi) is 2.97. The van der Waals surface area contributed by atoms with Crippen LogP contribution in [0.5, 0.6) is 5.75 Å². The minimum absolute atomic E-state index is 0.358. The van der Waals surface area contributed by atoms with Crippen molar-refractivity contribution in [3.63, 3.8) is 0 Å². The van der Waals surface area contributed by atoms with E-state index in [9.17, 15) is 5.11 Å². The van der Waals surface area contributed by atoms with Crippen LogP contribution in [0.3, 0.4) is 0 Å². The predicted octanol–water partition coefficient (Wildman–Crippen LogP) is 2.52. The first-order valence-electron chi connectivity index (χ1n) is 4.27. The Morgan fingerprint density at radius 3 is 2.75 bits per heavy atom. The maximum Gasteiger partial charge on any atom is 0.118 e. The van der Waals surface area contributed by atoms with Crippen molar-refractivity contribution in [1.29, 1.82) is 0 Å². The molecular formula is C10H15NO. The zero-order valence-electron chi connectivity index (χ0n) is 7.59. The van der Waals surface area contributed by atoms with Crippen molar-refractivity contribution < 1.29 is 5.11 Å². The topological polar surface area (TPSA) is 32.3 Å². The molecule has 0 radical (unpaired) electrons. The molecule has 0 amide bonds. The molecule has 0 spiro atoms. The van der Waals surface area contributed by atoms with E-state index in [0.717, 1.165) is 24.2 Å². The molecule has 0 aliphatic carbocycles. The van der Waals surface area contributed by atoms with Gasteiger partial charge in [-0.2, -0.15) is 0 Å². The first-order valence-corrected chi connectivity index (χ1v) is 4.27. The molecule has 1 aromatic carbocycles. The van der Waals surface area contributed by atoms with E-state index in [4.69, 9.17) is 0 Å². The van der Waals surface area contributed by atoms with Crippen molar-refractivity contribution in [2.75, 3.05) is 11.9 Å². The Bertz CT molecular complexity index is 258. The van der Waals surface area contributed by atoms with Gasteiger partial charge < -0.3 is 10.4 Å². The Morgan fingerprint density at radius 1 is 1.42 bits per heavy atom. The van der Waals surface area contributed by atoms with Gasteiger partial charge in [0.2, 0.25) is 0 Å². The Balaban J connectivity index is 2.69. The number of aryl methyl sites for hydroxylation is 1. The van der Waals surface area contributed by atoms with Crippen LogP contribution in [0.2, 0.25) is 0 Å². The number of aromatic hydroxyl groups is 1. The first kappa shape index (κ1) is 8.91. The van der Waals surface area contributed by atoms with Gasteiger partial charge in [-0.3, -0.25) is 0 Å². The Hall–Kier alpha value is -1.18. The predicted molar refractivity (Wildman–Crippen MR) is 51.6 cm³/mol. The number of rotatable bonds is 3. The number of anilines is 1. The highest BCUT2D eigenvalue weighted by Gasteiger charge is 1.95. The molecule has 0 aliphatic heterocycles. The molecule has 12 heavy (non-hydrogen) atoms. The van der Waals surface area contributed by atoms with E-state index in [2.05, 4.69) is 12.2 Å².